The molecule has 0 saturated carbocycles. The number of hydrogen-bond donors (Lipinski definition) is 1. The van der Waals surface area contributed by atoms with Gasteiger partial charge in [-0.15, -0.1) is 0 Å². The topological polar surface area (TPSA) is 46.5 Å². The summed E-state index contributed by atoms with van der Waals surface area (Å²) >= 11 is 11.7. The lowest BCUT2D eigenvalue weighted by Crippen LogP contribution is -2.01. The molecule has 0 amide bonds. The molecular weight excluding hydrogens is 294 g/mol. The Labute approximate surface area is 118 Å². The number of ether oxygens (including phenoxy) is 1. The molecular formula is C13H7Cl2FO3. The standard InChI is InChI=1S/C13H7Cl2FO3/c14-7-1-3-12(10(15)5-7)19-11-4-2-8(16)6-9(11)13(17)18/h1-6H,(H,17,18). The van der Waals surface area contributed by atoms with E-state index in [-0.39, 0.29) is 22.1 Å². The maximum Gasteiger partial charge on any atom is 0.339 e. The van der Waals surface area contributed by atoms with Crippen molar-refractivity contribution in [1.82, 2.24) is 0 Å². The van der Waals surface area contributed by atoms with Crippen molar-refractivity contribution in [2.24, 2.45) is 0 Å². The Morgan fingerprint density at radius 1 is 1.11 bits per heavy atom. The molecule has 2 aromatic rings. The number of carboxylic acid groups (broad SMARTS) is 1. The van der Waals surface area contributed by atoms with Gasteiger partial charge in [0, 0.05) is 5.02 Å². The molecule has 6 heteroatoms. The van der Waals surface area contributed by atoms with Crippen LogP contribution in [0.1, 0.15) is 10.4 Å². The highest BCUT2D eigenvalue weighted by molar-refractivity contribution is 6.35. The minimum atomic E-state index is -1.29. The van der Waals surface area contributed by atoms with Crippen LogP contribution in [0.3, 0.4) is 0 Å². The second kappa shape index (κ2) is 5.47. The van der Waals surface area contributed by atoms with Gasteiger partial charge < -0.3 is 9.84 Å². The van der Waals surface area contributed by atoms with E-state index in [1.165, 1.54) is 18.2 Å². The van der Waals surface area contributed by atoms with Gasteiger partial charge in [-0.1, -0.05) is 23.2 Å². The lowest BCUT2D eigenvalue weighted by atomic mass is 10.2. The highest BCUT2D eigenvalue weighted by Gasteiger charge is 2.14. The van der Waals surface area contributed by atoms with E-state index in [1.54, 1.807) is 6.07 Å². The van der Waals surface area contributed by atoms with Crippen molar-refractivity contribution >= 4 is 29.2 Å². The van der Waals surface area contributed by atoms with Crippen LogP contribution in [0.25, 0.3) is 0 Å². The number of halogens is 3. The Morgan fingerprint density at radius 2 is 1.79 bits per heavy atom. The lowest BCUT2D eigenvalue weighted by Gasteiger charge is -2.10. The van der Waals surface area contributed by atoms with Crippen molar-refractivity contribution in [3.63, 3.8) is 0 Å². The van der Waals surface area contributed by atoms with Gasteiger partial charge >= 0.3 is 5.97 Å². The van der Waals surface area contributed by atoms with E-state index in [0.717, 1.165) is 12.1 Å². The van der Waals surface area contributed by atoms with Crippen molar-refractivity contribution in [3.05, 3.63) is 57.8 Å². The third-order valence-corrected chi connectivity index (χ3v) is 2.82. The van der Waals surface area contributed by atoms with Gasteiger partial charge in [0.1, 0.15) is 22.9 Å². The first-order chi connectivity index (χ1) is 8.97. The zero-order valence-electron chi connectivity index (χ0n) is 9.36. The number of aromatic carboxylic acids is 1. The predicted octanol–water partition coefficient (Wildman–Crippen LogP) is 4.62. The van der Waals surface area contributed by atoms with Crippen molar-refractivity contribution in [2.45, 2.75) is 0 Å². The maximum absolute atomic E-state index is 13.0. The molecule has 0 radical (unpaired) electrons. The van der Waals surface area contributed by atoms with Gasteiger partial charge in [0.25, 0.3) is 0 Å². The molecule has 0 atom stereocenters. The maximum atomic E-state index is 13.0. The zero-order chi connectivity index (χ0) is 14.0. The van der Waals surface area contributed by atoms with Crippen molar-refractivity contribution in [3.8, 4) is 11.5 Å². The molecule has 1 N–H and O–H groups in total. The molecule has 0 spiro atoms. The summed E-state index contributed by atoms with van der Waals surface area (Å²) in [5.41, 5.74) is -0.286. The lowest BCUT2D eigenvalue weighted by molar-refractivity contribution is 0.0693. The number of rotatable bonds is 3. The van der Waals surface area contributed by atoms with Crippen molar-refractivity contribution in [1.29, 1.82) is 0 Å². The minimum absolute atomic E-state index is 0.00174. The Balaban J connectivity index is 2.40. The number of benzene rings is 2. The quantitative estimate of drug-likeness (QED) is 0.899. The van der Waals surface area contributed by atoms with Gasteiger partial charge in [0.05, 0.1) is 5.02 Å². The molecule has 0 aliphatic rings. The fraction of sp³-hybridized carbons (Fsp3) is 0. The zero-order valence-corrected chi connectivity index (χ0v) is 10.9. The molecule has 0 aromatic heterocycles. The predicted molar refractivity (Wildman–Crippen MR) is 69.9 cm³/mol. The van der Waals surface area contributed by atoms with Crippen LogP contribution in [0.2, 0.25) is 10.0 Å². The molecule has 98 valence electrons. The molecule has 0 heterocycles. The summed E-state index contributed by atoms with van der Waals surface area (Å²) < 4.78 is 18.4. The fourth-order valence-electron chi connectivity index (χ4n) is 1.43. The molecule has 3 nitrogen and oxygen atoms in total. The first kappa shape index (κ1) is 13.6. The van der Waals surface area contributed by atoms with E-state index < -0.39 is 11.8 Å². The first-order valence-corrected chi connectivity index (χ1v) is 5.88. The van der Waals surface area contributed by atoms with Crippen LogP contribution in [0, 0.1) is 5.82 Å². The average molecular weight is 301 g/mol. The highest BCUT2D eigenvalue weighted by atomic mass is 35.5. The van der Waals surface area contributed by atoms with Crippen LogP contribution in [0.4, 0.5) is 4.39 Å². The summed E-state index contributed by atoms with van der Waals surface area (Å²) in [6.07, 6.45) is 0. The molecule has 19 heavy (non-hydrogen) atoms. The molecule has 2 rings (SSSR count). The average Bonchev–Trinajstić information content (AvgIpc) is 2.34. The monoisotopic (exact) mass is 300 g/mol. The SMILES string of the molecule is O=C(O)c1cc(F)ccc1Oc1ccc(Cl)cc1Cl. The van der Waals surface area contributed by atoms with Crippen LogP contribution in [0.5, 0.6) is 11.5 Å². The Bertz CT molecular complexity index is 644. The summed E-state index contributed by atoms with van der Waals surface area (Å²) in [4.78, 5) is 11.0. The molecule has 0 bridgehead atoms. The van der Waals surface area contributed by atoms with Gasteiger partial charge in [-0.3, -0.25) is 0 Å². The van der Waals surface area contributed by atoms with Gasteiger partial charge in [-0.05, 0) is 36.4 Å². The Morgan fingerprint density at radius 3 is 2.42 bits per heavy atom. The van der Waals surface area contributed by atoms with E-state index in [4.69, 9.17) is 33.0 Å². The number of carboxylic acids is 1. The number of carbonyl (C=O) groups is 1. The fourth-order valence-corrected chi connectivity index (χ4v) is 1.88. The highest BCUT2D eigenvalue weighted by Crippen LogP contribution is 2.33. The smallest absolute Gasteiger partial charge is 0.339 e. The molecule has 0 fully saturated rings. The van der Waals surface area contributed by atoms with E-state index in [9.17, 15) is 9.18 Å². The Hall–Kier alpha value is -1.78. The summed E-state index contributed by atoms with van der Waals surface area (Å²) in [5, 5.41) is 9.64. The molecule has 0 saturated heterocycles. The molecule has 0 unspecified atom stereocenters. The van der Waals surface area contributed by atoms with Gasteiger partial charge in [0.2, 0.25) is 0 Å². The summed E-state index contributed by atoms with van der Waals surface area (Å²) in [6.45, 7) is 0. The van der Waals surface area contributed by atoms with E-state index in [1.807, 2.05) is 0 Å². The van der Waals surface area contributed by atoms with E-state index in [2.05, 4.69) is 0 Å². The summed E-state index contributed by atoms with van der Waals surface area (Å²) in [5.74, 6) is -1.72. The van der Waals surface area contributed by atoms with Crippen LogP contribution in [-0.2, 0) is 0 Å². The number of hydrogen-bond acceptors (Lipinski definition) is 2. The molecule has 2 aromatic carbocycles. The largest absolute Gasteiger partial charge is 0.478 e. The third kappa shape index (κ3) is 3.16. The summed E-state index contributed by atoms with van der Waals surface area (Å²) in [6, 6.07) is 7.71. The first-order valence-electron chi connectivity index (χ1n) is 5.13. The minimum Gasteiger partial charge on any atom is -0.478 e. The van der Waals surface area contributed by atoms with Gasteiger partial charge in [-0.25, -0.2) is 9.18 Å². The third-order valence-electron chi connectivity index (χ3n) is 2.29. The van der Waals surface area contributed by atoms with Gasteiger partial charge in [0.15, 0.2) is 0 Å². The van der Waals surface area contributed by atoms with Crippen molar-refractivity contribution in [2.75, 3.05) is 0 Å². The molecule has 0 aliphatic heterocycles. The van der Waals surface area contributed by atoms with Crippen LogP contribution in [-0.4, -0.2) is 11.1 Å². The Kier molecular flexibility index (Phi) is 3.93. The van der Waals surface area contributed by atoms with Crippen LogP contribution >= 0.6 is 23.2 Å². The second-order valence-corrected chi connectivity index (χ2v) is 4.47. The van der Waals surface area contributed by atoms with Crippen LogP contribution in [0.15, 0.2) is 36.4 Å². The normalized spacial score (nSPS) is 10.3. The van der Waals surface area contributed by atoms with E-state index in [0.29, 0.717) is 5.02 Å². The summed E-state index contributed by atoms with van der Waals surface area (Å²) in [7, 11) is 0. The van der Waals surface area contributed by atoms with E-state index >= 15 is 0 Å². The second-order valence-electron chi connectivity index (χ2n) is 3.62. The van der Waals surface area contributed by atoms with Gasteiger partial charge in [-0.2, -0.15) is 0 Å². The van der Waals surface area contributed by atoms with Crippen molar-refractivity contribution < 1.29 is 19.0 Å². The molecule has 0 aliphatic carbocycles. The van der Waals surface area contributed by atoms with Crippen LogP contribution < -0.4 is 4.74 Å².